The second-order valence-electron chi connectivity index (χ2n) is 4.12. The van der Waals surface area contributed by atoms with Crippen LogP contribution in [0.15, 0.2) is 12.1 Å². The first-order valence-electron chi connectivity index (χ1n) is 5.66. The highest BCUT2D eigenvalue weighted by Gasteiger charge is 2.21. The average molecular weight is 268 g/mol. The maximum absolute atomic E-state index is 11.0. The highest BCUT2D eigenvalue weighted by Crippen LogP contribution is 2.30. The SMILES string of the molecule is CO[C@H](C)CNc1c([N+](=O)[O-])ccc(C(=O)O)c1C. The summed E-state index contributed by atoms with van der Waals surface area (Å²) in [6, 6.07) is 2.43. The number of carboxylic acids is 1. The molecule has 2 N–H and O–H groups in total. The molecule has 1 atom stereocenters. The third kappa shape index (κ3) is 3.41. The number of anilines is 1. The van der Waals surface area contributed by atoms with Crippen LogP contribution in [0.3, 0.4) is 0 Å². The van der Waals surface area contributed by atoms with Gasteiger partial charge in [-0.3, -0.25) is 10.1 Å². The lowest BCUT2D eigenvalue weighted by molar-refractivity contribution is -0.384. The molecule has 7 nitrogen and oxygen atoms in total. The van der Waals surface area contributed by atoms with Crippen molar-refractivity contribution in [1.82, 2.24) is 0 Å². The highest BCUT2D eigenvalue weighted by molar-refractivity contribution is 5.92. The molecule has 0 saturated heterocycles. The number of rotatable bonds is 6. The Kier molecular flexibility index (Phi) is 4.82. The van der Waals surface area contributed by atoms with Gasteiger partial charge in [0.15, 0.2) is 0 Å². The van der Waals surface area contributed by atoms with Crippen molar-refractivity contribution < 1.29 is 19.6 Å². The van der Waals surface area contributed by atoms with Crippen molar-refractivity contribution >= 4 is 17.3 Å². The van der Waals surface area contributed by atoms with Crippen LogP contribution >= 0.6 is 0 Å². The molecular weight excluding hydrogens is 252 g/mol. The lowest BCUT2D eigenvalue weighted by Crippen LogP contribution is -2.19. The second-order valence-corrected chi connectivity index (χ2v) is 4.12. The van der Waals surface area contributed by atoms with E-state index in [1.54, 1.807) is 6.92 Å². The summed E-state index contributed by atoms with van der Waals surface area (Å²) >= 11 is 0. The topological polar surface area (TPSA) is 102 Å². The number of nitro benzene ring substituents is 1. The molecule has 1 rings (SSSR count). The van der Waals surface area contributed by atoms with Gasteiger partial charge < -0.3 is 15.2 Å². The van der Waals surface area contributed by atoms with Crippen molar-refractivity contribution in [2.45, 2.75) is 20.0 Å². The van der Waals surface area contributed by atoms with E-state index in [1.807, 2.05) is 0 Å². The Morgan fingerprint density at radius 3 is 2.68 bits per heavy atom. The lowest BCUT2D eigenvalue weighted by atomic mass is 10.0. The van der Waals surface area contributed by atoms with Gasteiger partial charge in [0.05, 0.1) is 16.6 Å². The van der Waals surface area contributed by atoms with E-state index < -0.39 is 10.9 Å². The summed E-state index contributed by atoms with van der Waals surface area (Å²) in [5, 5.41) is 22.9. The third-order valence-corrected chi connectivity index (χ3v) is 2.84. The number of hydrogen-bond acceptors (Lipinski definition) is 5. The molecule has 1 aromatic carbocycles. The lowest BCUT2D eigenvalue weighted by Gasteiger charge is -2.15. The summed E-state index contributed by atoms with van der Waals surface area (Å²) in [7, 11) is 1.53. The van der Waals surface area contributed by atoms with Crippen LogP contribution in [0.4, 0.5) is 11.4 Å². The van der Waals surface area contributed by atoms with Gasteiger partial charge in [-0.1, -0.05) is 0 Å². The summed E-state index contributed by atoms with van der Waals surface area (Å²) in [5.41, 5.74) is 0.447. The third-order valence-electron chi connectivity index (χ3n) is 2.84. The standard InChI is InChI=1S/C12H16N2O5/c1-7(19-3)6-13-11-8(2)9(12(15)16)4-5-10(11)14(17)18/h4-5,7,13H,6H2,1-3H3,(H,15,16)/t7-/m1/s1. The molecule has 0 amide bonds. The number of benzene rings is 1. The quantitative estimate of drug-likeness (QED) is 0.604. The normalized spacial score (nSPS) is 11.9. The minimum absolute atomic E-state index is 0.0400. The number of nitro groups is 1. The van der Waals surface area contributed by atoms with Crippen LogP contribution in [0.25, 0.3) is 0 Å². The zero-order chi connectivity index (χ0) is 14.6. The van der Waals surface area contributed by atoms with Crippen molar-refractivity contribution in [1.29, 1.82) is 0 Å². The molecule has 0 aliphatic heterocycles. The number of nitrogens with zero attached hydrogens (tertiary/aromatic N) is 1. The zero-order valence-electron chi connectivity index (χ0n) is 11.0. The molecule has 0 aliphatic carbocycles. The van der Waals surface area contributed by atoms with E-state index >= 15 is 0 Å². The molecule has 0 heterocycles. The average Bonchev–Trinajstić information content (AvgIpc) is 2.35. The van der Waals surface area contributed by atoms with Gasteiger partial charge in [-0.05, 0) is 25.5 Å². The van der Waals surface area contributed by atoms with E-state index in [9.17, 15) is 14.9 Å². The fraction of sp³-hybridized carbons (Fsp3) is 0.417. The molecule has 0 aromatic heterocycles. The Morgan fingerprint density at radius 1 is 1.58 bits per heavy atom. The molecule has 19 heavy (non-hydrogen) atoms. The van der Waals surface area contributed by atoms with Crippen LogP contribution in [-0.4, -0.2) is 35.8 Å². The molecule has 0 bridgehead atoms. The molecule has 104 valence electrons. The van der Waals surface area contributed by atoms with Crippen molar-refractivity contribution in [3.05, 3.63) is 33.4 Å². The number of hydrogen-bond donors (Lipinski definition) is 2. The number of methoxy groups -OCH3 is 1. The fourth-order valence-corrected chi connectivity index (χ4v) is 1.63. The van der Waals surface area contributed by atoms with E-state index in [4.69, 9.17) is 9.84 Å². The first-order chi connectivity index (χ1) is 8.88. The Balaban J connectivity index is 3.19. The Labute approximate surface area is 110 Å². The number of ether oxygens (including phenoxy) is 1. The first-order valence-corrected chi connectivity index (χ1v) is 5.66. The van der Waals surface area contributed by atoms with Gasteiger partial charge in [0.25, 0.3) is 5.69 Å². The van der Waals surface area contributed by atoms with E-state index in [-0.39, 0.29) is 23.0 Å². The van der Waals surface area contributed by atoms with Gasteiger partial charge in [0.2, 0.25) is 0 Å². The second kappa shape index (κ2) is 6.14. The van der Waals surface area contributed by atoms with Gasteiger partial charge in [-0.15, -0.1) is 0 Å². The zero-order valence-corrected chi connectivity index (χ0v) is 11.0. The number of nitrogens with one attached hydrogen (secondary N) is 1. The summed E-state index contributed by atoms with van der Waals surface area (Å²) in [6.45, 7) is 3.69. The van der Waals surface area contributed by atoms with Crippen LogP contribution in [0.5, 0.6) is 0 Å². The Hall–Kier alpha value is -2.15. The molecule has 0 unspecified atom stereocenters. The van der Waals surface area contributed by atoms with Crippen molar-refractivity contribution in [2.75, 3.05) is 19.0 Å². The fourth-order valence-electron chi connectivity index (χ4n) is 1.63. The number of aromatic carboxylic acids is 1. The van der Waals surface area contributed by atoms with Crippen LogP contribution < -0.4 is 5.32 Å². The molecule has 0 aliphatic rings. The van der Waals surface area contributed by atoms with Gasteiger partial charge in [-0.2, -0.15) is 0 Å². The van der Waals surface area contributed by atoms with Gasteiger partial charge in [0.1, 0.15) is 5.69 Å². The molecule has 0 fully saturated rings. The Bertz CT molecular complexity index is 501. The number of carbonyl (C=O) groups is 1. The van der Waals surface area contributed by atoms with Crippen LogP contribution in [0.1, 0.15) is 22.8 Å². The van der Waals surface area contributed by atoms with E-state index in [0.717, 1.165) is 0 Å². The molecule has 7 heteroatoms. The molecule has 1 aromatic rings. The molecular formula is C12H16N2O5. The maximum Gasteiger partial charge on any atom is 0.336 e. The molecule has 0 radical (unpaired) electrons. The van der Waals surface area contributed by atoms with Crippen LogP contribution in [-0.2, 0) is 4.74 Å². The largest absolute Gasteiger partial charge is 0.478 e. The maximum atomic E-state index is 11.0. The summed E-state index contributed by atoms with van der Waals surface area (Å²) in [6.07, 6.45) is -0.146. The predicted octanol–water partition coefficient (Wildman–Crippen LogP) is 2.05. The minimum Gasteiger partial charge on any atom is -0.478 e. The summed E-state index contributed by atoms with van der Waals surface area (Å²) in [5.74, 6) is -1.12. The van der Waals surface area contributed by atoms with E-state index in [2.05, 4.69) is 5.32 Å². The highest BCUT2D eigenvalue weighted by atomic mass is 16.6. The molecule has 0 saturated carbocycles. The predicted molar refractivity (Wildman–Crippen MR) is 69.8 cm³/mol. The van der Waals surface area contributed by atoms with Crippen LogP contribution in [0.2, 0.25) is 0 Å². The summed E-state index contributed by atoms with van der Waals surface area (Å²) in [4.78, 5) is 21.4. The van der Waals surface area contributed by atoms with E-state index in [0.29, 0.717) is 12.1 Å². The van der Waals surface area contributed by atoms with Gasteiger partial charge in [0, 0.05) is 19.7 Å². The minimum atomic E-state index is -1.12. The van der Waals surface area contributed by atoms with Crippen molar-refractivity contribution in [3.63, 3.8) is 0 Å². The van der Waals surface area contributed by atoms with E-state index in [1.165, 1.54) is 26.2 Å². The smallest absolute Gasteiger partial charge is 0.336 e. The van der Waals surface area contributed by atoms with Crippen molar-refractivity contribution in [3.8, 4) is 0 Å². The Morgan fingerprint density at radius 2 is 2.21 bits per heavy atom. The monoisotopic (exact) mass is 268 g/mol. The summed E-state index contributed by atoms with van der Waals surface area (Å²) < 4.78 is 5.04. The molecule has 0 spiro atoms. The van der Waals surface area contributed by atoms with Gasteiger partial charge in [-0.25, -0.2) is 4.79 Å². The van der Waals surface area contributed by atoms with Crippen molar-refractivity contribution in [2.24, 2.45) is 0 Å². The number of carboxylic acid groups (broad SMARTS) is 1. The first kappa shape index (κ1) is 14.9. The van der Waals surface area contributed by atoms with Gasteiger partial charge >= 0.3 is 5.97 Å². The van der Waals surface area contributed by atoms with Crippen LogP contribution in [0, 0.1) is 17.0 Å².